The smallest absolute Gasteiger partial charge is 0.337 e. The number of hydrogen-bond acceptors (Lipinski definition) is 4. The first-order valence-electron chi connectivity index (χ1n) is 5.64. The van der Waals surface area contributed by atoms with Crippen molar-refractivity contribution in [3.63, 3.8) is 0 Å². The van der Waals surface area contributed by atoms with E-state index in [2.05, 4.69) is 10.6 Å². The van der Waals surface area contributed by atoms with Crippen molar-refractivity contribution in [2.75, 3.05) is 10.6 Å². The maximum Gasteiger partial charge on any atom is 0.337 e. The average Bonchev–Trinajstić information content (AvgIpc) is 2.90. The lowest BCUT2D eigenvalue weighted by molar-refractivity contribution is -0.117. The third-order valence-corrected chi connectivity index (χ3v) is 3.87. The van der Waals surface area contributed by atoms with Crippen molar-refractivity contribution in [3.8, 4) is 0 Å². The van der Waals surface area contributed by atoms with Gasteiger partial charge in [0.05, 0.1) is 16.9 Å². The van der Waals surface area contributed by atoms with Gasteiger partial charge in [0.15, 0.2) is 0 Å². The van der Waals surface area contributed by atoms with Crippen LogP contribution in [-0.4, -0.2) is 17.0 Å². The Balaban J connectivity index is 2.03. The molecule has 1 unspecified atom stereocenters. The van der Waals surface area contributed by atoms with E-state index in [0.29, 0.717) is 11.4 Å². The zero-order valence-corrected chi connectivity index (χ0v) is 10.5. The molecule has 0 bridgehead atoms. The van der Waals surface area contributed by atoms with Crippen LogP contribution in [0.2, 0.25) is 0 Å². The van der Waals surface area contributed by atoms with E-state index in [0.717, 1.165) is 4.88 Å². The van der Waals surface area contributed by atoms with Gasteiger partial charge < -0.3 is 15.7 Å². The number of carboxylic acids is 1. The molecule has 0 fully saturated rings. The van der Waals surface area contributed by atoms with Crippen LogP contribution in [0.15, 0.2) is 35.7 Å². The molecule has 0 saturated carbocycles. The van der Waals surface area contributed by atoms with E-state index in [-0.39, 0.29) is 11.5 Å². The number of amides is 1. The Morgan fingerprint density at radius 2 is 2.11 bits per heavy atom. The third kappa shape index (κ3) is 1.96. The summed E-state index contributed by atoms with van der Waals surface area (Å²) in [5.41, 5.74) is 1.04. The van der Waals surface area contributed by atoms with Gasteiger partial charge >= 0.3 is 5.97 Å². The standard InChI is InChI=1S/C13H10N2O3S/c16-12-11(9-5-2-6-19-9)14-8-4-1-3-7(13(17)18)10(8)15-12/h1-6,11,14H,(H,15,16)(H,17,18). The Morgan fingerprint density at radius 3 is 2.79 bits per heavy atom. The second kappa shape index (κ2) is 4.40. The fourth-order valence-electron chi connectivity index (χ4n) is 2.06. The zero-order chi connectivity index (χ0) is 13.4. The second-order valence-electron chi connectivity index (χ2n) is 4.12. The molecule has 96 valence electrons. The highest BCUT2D eigenvalue weighted by Gasteiger charge is 2.29. The Hall–Kier alpha value is -2.34. The molecule has 2 heterocycles. The molecule has 3 N–H and O–H groups in total. The van der Waals surface area contributed by atoms with Gasteiger partial charge in [0.2, 0.25) is 0 Å². The summed E-state index contributed by atoms with van der Waals surface area (Å²) >= 11 is 1.48. The Labute approximate surface area is 112 Å². The van der Waals surface area contributed by atoms with Gasteiger partial charge in [-0.25, -0.2) is 4.79 Å². The van der Waals surface area contributed by atoms with Crippen LogP contribution in [0.3, 0.4) is 0 Å². The molecular weight excluding hydrogens is 264 g/mol. The summed E-state index contributed by atoms with van der Waals surface area (Å²) in [6, 6.07) is 8.14. The van der Waals surface area contributed by atoms with E-state index < -0.39 is 12.0 Å². The Morgan fingerprint density at radius 1 is 1.26 bits per heavy atom. The van der Waals surface area contributed by atoms with Crippen LogP contribution in [-0.2, 0) is 4.79 Å². The lowest BCUT2D eigenvalue weighted by atomic mass is 10.1. The molecule has 1 aromatic carbocycles. The molecule has 0 saturated heterocycles. The number of anilines is 2. The van der Waals surface area contributed by atoms with Crippen LogP contribution >= 0.6 is 11.3 Å². The van der Waals surface area contributed by atoms with Crippen LogP contribution in [0.25, 0.3) is 0 Å². The lowest BCUT2D eigenvalue weighted by Gasteiger charge is -2.27. The molecule has 0 radical (unpaired) electrons. The van der Waals surface area contributed by atoms with Crippen molar-refractivity contribution in [3.05, 3.63) is 46.2 Å². The first-order valence-corrected chi connectivity index (χ1v) is 6.52. The highest BCUT2D eigenvalue weighted by molar-refractivity contribution is 7.10. The minimum absolute atomic E-state index is 0.0861. The van der Waals surface area contributed by atoms with Gasteiger partial charge in [-0.3, -0.25) is 4.79 Å². The summed E-state index contributed by atoms with van der Waals surface area (Å²) < 4.78 is 0. The fourth-order valence-corrected chi connectivity index (χ4v) is 2.83. The number of rotatable bonds is 2. The predicted molar refractivity (Wildman–Crippen MR) is 72.7 cm³/mol. The van der Waals surface area contributed by atoms with E-state index in [1.807, 2.05) is 17.5 Å². The van der Waals surface area contributed by atoms with Crippen molar-refractivity contribution in [1.82, 2.24) is 0 Å². The van der Waals surface area contributed by atoms with E-state index in [1.54, 1.807) is 12.1 Å². The van der Waals surface area contributed by atoms with Gasteiger partial charge in [-0.05, 0) is 23.6 Å². The zero-order valence-electron chi connectivity index (χ0n) is 9.71. The van der Waals surface area contributed by atoms with Crippen LogP contribution < -0.4 is 10.6 Å². The molecule has 0 aliphatic carbocycles. The number of hydrogen-bond donors (Lipinski definition) is 3. The fraction of sp³-hybridized carbons (Fsp3) is 0.0769. The maximum absolute atomic E-state index is 12.1. The number of fused-ring (bicyclic) bond motifs is 1. The topological polar surface area (TPSA) is 78.4 Å². The van der Waals surface area contributed by atoms with Gasteiger partial charge in [-0.2, -0.15) is 0 Å². The Kier molecular flexibility index (Phi) is 2.72. The van der Waals surface area contributed by atoms with Crippen molar-refractivity contribution >= 4 is 34.6 Å². The number of thiophene rings is 1. The van der Waals surface area contributed by atoms with Crippen LogP contribution in [0, 0.1) is 0 Å². The molecule has 2 aromatic rings. The summed E-state index contributed by atoms with van der Waals surface area (Å²) in [5, 5.41) is 16.7. The summed E-state index contributed by atoms with van der Waals surface area (Å²) in [7, 11) is 0. The molecule has 19 heavy (non-hydrogen) atoms. The lowest BCUT2D eigenvalue weighted by Crippen LogP contribution is -2.32. The highest BCUT2D eigenvalue weighted by Crippen LogP contribution is 2.35. The van der Waals surface area contributed by atoms with Crippen LogP contribution in [0.5, 0.6) is 0 Å². The third-order valence-electron chi connectivity index (χ3n) is 2.93. The minimum Gasteiger partial charge on any atom is -0.478 e. The summed E-state index contributed by atoms with van der Waals surface area (Å²) in [5.74, 6) is -1.31. The van der Waals surface area contributed by atoms with E-state index >= 15 is 0 Å². The molecular formula is C13H10N2O3S. The average molecular weight is 274 g/mol. The first-order chi connectivity index (χ1) is 9.16. The van der Waals surface area contributed by atoms with E-state index in [4.69, 9.17) is 5.11 Å². The van der Waals surface area contributed by atoms with Crippen molar-refractivity contribution < 1.29 is 14.7 Å². The molecule has 1 atom stereocenters. The maximum atomic E-state index is 12.1. The van der Waals surface area contributed by atoms with Gasteiger partial charge in [-0.15, -0.1) is 11.3 Å². The van der Waals surface area contributed by atoms with Gasteiger partial charge in [0, 0.05) is 4.88 Å². The van der Waals surface area contributed by atoms with Crippen LogP contribution in [0.1, 0.15) is 21.3 Å². The normalized spacial score (nSPS) is 17.3. The number of aromatic carboxylic acids is 1. The number of nitrogens with one attached hydrogen (secondary N) is 2. The molecule has 1 aromatic heterocycles. The van der Waals surface area contributed by atoms with Gasteiger partial charge in [-0.1, -0.05) is 12.1 Å². The van der Waals surface area contributed by atoms with Gasteiger partial charge in [0.25, 0.3) is 5.91 Å². The number of carbonyl (C=O) groups is 2. The summed E-state index contributed by atoms with van der Waals surface area (Å²) in [6.07, 6.45) is 0. The summed E-state index contributed by atoms with van der Waals surface area (Å²) in [6.45, 7) is 0. The first kappa shape index (κ1) is 11.7. The van der Waals surface area contributed by atoms with Gasteiger partial charge in [0.1, 0.15) is 6.04 Å². The number of para-hydroxylation sites is 1. The molecule has 5 nitrogen and oxygen atoms in total. The van der Waals surface area contributed by atoms with Crippen molar-refractivity contribution in [1.29, 1.82) is 0 Å². The number of carboxylic acid groups (broad SMARTS) is 1. The molecule has 3 rings (SSSR count). The molecule has 1 aliphatic heterocycles. The Bertz CT molecular complexity index is 652. The molecule has 1 amide bonds. The predicted octanol–water partition coefficient (Wildman–Crippen LogP) is 2.55. The van der Waals surface area contributed by atoms with E-state index in [9.17, 15) is 9.59 Å². The SMILES string of the molecule is O=C(O)c1cccc2c1NC(=O)C(c1cccs1)N2. The van der Waals surface area contributed by atoms with Crippen molar-refractivity contribution in [2.45, 2.75) is 6.04 Å². The second-order valence-corrected chi connectivity index (χ2v) is 5.09. The quantitative estimate of drug-likeness (QED) is 0.786. The molecule has 0 spiro atoms. The largest absolute Gasteiger partial charge is 0.478 e. The van der Waals surface area contributed by atoms with Crippen molar-refractivity contribution in [2.24, 2.45) is 0 Å². The highest BCUT2D eigenvalue weighted by atomic mass is 32.1. The molecule has 1 aliphatic rings. The molecule has 6 heteroatoms. The number of carbonyl (C=O) groups excluding carboxylic acids is 1. The number of benzene rings is 1. The van der Waals surface area contributed by atoms with Crippen LogP contribution in [0.4, 0.5) is 11.4 Å². The minimum atomic E-state index is -1.06. The summed E-state index contributed by atoms with van der Waals surface area (Å²) in [4.78, 5) is 24.1. The monoisotopic (exact) mass is 274 g/mol. The van der Waals surface area contributed by atoms with E-state index in [1.165, 1.54) is 17.4 Å².